The summed E-state index contributed by atoms with van der Waals surface area (Å²) in [5.41, 5.74) is 0.789. The zero-order valence-corrected chi connectivity index (χ0v) is 13.9. The van der Waals surface area contributed by atoms with Crippen molar-refractivity contribution < 1.29 is 22.6 Å². The summed E-state index contributed by atoms with van der Waals surface area (Å²) in [6, 6.07) is 8.33. The topological polar surface area (TPSA) is 39.5 Å². The first-order chi connectivity index (χ1) is 12.0. The van der Waals surface area contributed by atoms with Crippen molar-refractivity contribution in [2.24, 2.45) is 0 Å². The molecule has 1 fully saturated rings. The zero-order chi connectivity index (χ0) is 17.9. The van der Waals surface area contributed by atoms with Crippen LogP contribution in [0.25, 0.3) is 5.69 Å². The Kier molecular flexibility index (Phi) is 5.41. The van der Waals surface area contributed by atoms with E-state index in [0.29, 0.717) is 18.9 Å². The lowest BCUT2D eigenvalue weighted by Gasteiger charge is -2.32. The second-order valence-electron chi connectivity index (χ2n) is 5.99. The van der Waals surface area contributed by atoms with Crippen LogP contribution in [0.1, 0.15) is 11.3 Å². The van der Waals surface area contributed by atoms with Crippen LogP contribution in [0.2, 0.25) is 0 Å². The largest absolute Gasteiger partial charge is 0.435 e. The summed E-state index contributed by atoms with van der Waals surface area (Å²) in [4.78, 5) is 2.28. The maximum atomic E-state index is 12.6. The highest BCUT2D eigenvalue weighted by Gasteiger charge is 2.33. The molecule has 1 aromatic heterocycles. The Bertz CT molecular complexity index is 683. The third-order valence-corrected chi connectivity index (χ3v) is 4.06. The van der Waals surface area contributed by atoms with Gasteiger partial charge in [-0.15, -0.1) is 0 Å². The molecule has 0 bridgehead atoms. The van der Waals surface area contributed by atoms with Gasteiger partial charge in [-0.1, -0.05) is 12.1 Å². The van der Waals surface area contributed by atoms with E-state index in [1.54, 1.807) is 19.2 Å². The number of alkyl halides is 3. The maximum absolute atomic E-state index is 12.6. The molecule has 0 N–H and O–H groups in total. The van der Waals surface area contributed by atoms with Crippen LogP contribution in [0.4, 0.5) is 13.2 Å². The predicted octanol–water partition coefficient (Wildman–Crippen LogP) is 2.74. The summed E-state index contributed by atoms with van der Waals surface area (Å²) in [6.45, 7) is 3.63. The lowest BCUT2D eigenvalue weighted by atomic mass is 10.1. The molecule has 0 radical (unpaired) electrons. The predicted molar refractivity (Wildman–Crippen MR) is 85.5 cm³/mol. The van der Waals surface area contributed by atoms with E-state index < -0.39 is 11.9 Å². The molecular weight excluding hydrogens is 335 g/mol. The van der Waals surface area contributed by atoms with Crippen LogP contribution in [-0.4, -0.2) is 54.2 Å². The van der Waals surface area contributed by atoms with E-state index in [4.69, 9.17) is 9.47 Å². The molecule has 25 heavy (non-hydrogen) atoms. The number of aromatic nitrogens is 2. The fourth-order valence-corrected chi connectivity index (χ4v) is 2.84. The van der Waals surface area contributed by atoms with Gasteiger partial charge < -0.3 is 9.47 Å². The van der Waals surface area contributed by atoms with E-state index in [0.717, 1.165) is 31.3 Å². The van der Waals surface area contributed by atoms with Gasteiger partial charge in [0.05, 0.1) is 25.0 Å². The second kappa shape index (κ2) is 7.55. The van der Waals surface area contributed by atoms with Crippen LogP contribution in [0.15, 0.2) is 36.5 Å². The Morgan fingerprint density at radius 2 is 2.00 bits per heavy atom. The molecule has 1 atom stereocenters. The molecule has 1 unspecified atom stereocenters. The lowest BCUT2D eigenvalue weighted by Crippen LogP contribution is -2.43. The van der Waals surface area contributed by atoms with Gasteiger partial charge in [0.25, 0.3) is 0 Å². The molecule has 3 rings (SSSR count). The van der Waals surface area contributed by atoms with Crippen LogP contribution in [0.5, 0.6) is 0 Å². The third kappa shape index (κ3) is 4.59. The van der Waals surface area contributed by atoms with Crippen molar-refractivity contribution in [1.29, 1.82) is 0 Å². The second-order valence-corrected chi connectivity index (χ2v) is 5.99. The number of morpholine rings is 1. The lowest BCUT2D eigenvalue weighted by molar-refractivity contribution is -0.141. The smallest absolute Gasteiger partial charge is 0.382 e. The standard InChI is InChI=1S/C17H20F3N3O2/c1-24-12-15-11-22(8-9-25-15)10-13-2-4-14(5-3-13)23-7-6-16(21-23)17(18,19)20/h2-7,15H,8-12H2,1H3. The number of ether oxygens (including phenoxy) is 2. The molecule has 2 aromatic rings. The number of methoxy groups -OCH3 is 1. The van der Waals surface area contributed by atoms with Gasteiger partial charge >= 0.3 is 6.18 Å². The minimum atomic E-state index is -4.43. The Morgan fingerprint density at radius 3 is 2.64 bits per heavy atom. The minimum absolute atomic E-state index is 0.0721. The number of hydrogen-bond donors (Lipinski definition) is 0. The van der Waals surface area contributed by atoms with Crippen LogP contribution in [-0.2, 0) is 22.2 Å². The number of hydrogen-bond acceptors (Lipinski definition) is 4. The molecule has 0 saturated carbocycles. The van der Waals surface area contributed by atoms with Crippen molar-refractivity contribution in [2.75, 3.05) is 33.4 Å². The highest BCUT2D eigenvalue weighted by molar-refractivity contribution is 5.34. The van der Waals surface area contributed by atoms with Crippen molar-refractivity contribution in [2.45, 2.75) is 18.8 Å². The van der Waals surface area contributed by atoms with E-state index >= 15 is 0 Å². The maximum Gasteiger partial charge on any atom is 0.435 e. The molecule has 5 nitrogen and oxygen atoms in total. The third-order valence-electron chi connectivity index (χ3n) is 4.06. The number of benzene rings is 1. The normalized spacial score (nSPS) is 19.3. The van der Waals surface area contributed by atoms with E-state index in [2.05, 4.69) is 10.00 Å². The summed E-state index contributed by atoms with van der Waals surface area (Å²) >= 11 is 0. The number of rotatable bonds is 5. The summed E-state index contributed by atoms with van der Waals surface area (Å²) in [5.74, 6) is 0. The fraction of sp³-hybridized carbons (Fsp3) is 0.471. The SMILES string of the molecule is COCC1CN(Cc2ccc(-n3ccc(C(F)(F)F)n3)cc2)CCO1. The van der Waals surface area contributed by atoms with Crippen LogP contribution >= 0.6 is 0 Å². The molecule has 136 valence electrons. The van der Waals surface area contributed by atoms with Crippen LogP contribution in [0.3, 0.4) is 0 Å². The molecule has 1 aliphatic rings. The van der Waals surface area contributed by atoms with E-state index in [1.807, 2.05) is 12.1 Å². The van der Waals surface area contributed by atoms with Crippen molar-refractivity contribution >= 4 is 0 Å². The van der Waals surface area contributed by atoms with Gasteiger partial charge in [-0.3, -0.25) is 4.90 Å². The number of halogens is 3. The van der Waals surface area contributed by atoms with Crippen molar-refractivity contribution in [3.8, 4) is 5.69 Å². The molecular formula is C17H20F3N3O2. The number of nitrogens with zero attached hydrogens (tertiary/aromatic N) is 3. The molecule has 0 spiro atoms. The van der Waals surface area contributed by atoms with Gasteiger partial charge in [-0.2, -0.15) is 18.3 Å². The monoisotopic (exact) mass is 355 g/mol. The average molecular weight is 355 g/mol. The molecule has 0 amide bonds. The first-order valence-corrected chi connectivity index (χ1v) is 8.01. The Labute approximate surface area is 143 Å². The highest BCUT2D eigenvalue weighted by Crippen LogP contribution is 2.27. The highest BCUT2D eigenvalue weighted by atomic mass is 19.4. The first kappa shape index (κ1) is 17.9. The summed E-state index contributed by atoms with van der Waals surface area (Å²) in [7, 11) is 1.65. The summed E-state index contributed by atoms with van der Waals surface area (Å²) in [5, 5.41) is 3.58. The van der Waals surface area contributed by atoms with Gasteiger partial charge in [0.1, 0.15) is 0 Å². The molecule has 2 heterocycles. The van der Waals surface area contributed by atoms with Gasteiger partial charge in [0.15, 0.2) is 5.69 Å². The molecule has 1 aliphatic heterocycles. The summed E-state index contributed by atoms with van der Waals surface area (Å²) < 4.78 is 49.9. The molecule has 0 aliphatic carbocycles. The van der Waals surface area contributed by atoms with E-state index in [1.165, 1.54) is 10.9 Å². The Morgan fingerprint density at radius 1 is 1.24 bits per heavy atom. The van der Waals surface area contributed by atoms with Crippen LogP contribution in [0, 0.1) is 0 Å². The minimum Gasteiger partial charge on any atom is -0.382 e. The Hall–Kier alpha value is -1.90. The quantitative estimate of drug-likeness (QED) is 0.827. The zero-order valence-electron chi connectivity index (χ0n) is 13.9. The fourth-order valence-electron chi connectivity index (χ4n) is 2.84. The molecule has 1 saturated heterocycles. The summed E-state index contributed by atoms with van der Waals surface area (Å²) in [6.07, 6.45) is -3.04. The van der Waals surface area contributed by atoms with E-state index in [-0.39, 0.29) is 6.10 Å². The van der Waals surface area contributed by atoms with Gasteiger partial charge in [-0.25, -0.2) is 4.68 Å². The van der Waals surface area contributed by atoms with Gasteiger partial charge in [-0.05, 0) is 23.8 Å². The molecule has 8 heteroatoms. The average Bonchev–Trinajstić information content (AvgIpc) is 3.07. The van der Waals surface area contributed by atoms with E-state index in [9.17, 15) is 13.2 Å². The van der Waals surface area contributed by atoms with Gasteiger partial charge in [0, 0.05) is 32.9 Å². The van der Waals surface area contributed by atoms with Crippen LogP contribution < -0.4 is 0 Å². The van der Waals surface area contributed by atoms with Crippen molar-refractivity contribution in [1.82, 2.24) is 14.7 Å². The Balaban J connectivity index is 1.63. The molecule has 1 aromatic carbocycles. The van der Waals surface area contributed by atoms with Gasteiger partial charge in [0.2, 0.25) is 0 Å². The van der Waals surface area contributed by atoms with Crippen molar-refractivity contribution in [3.63, 3.8) is 0 Å². The first-order valence-electron chi connectivity index (χ1n) is 8.01. The van der Waals surface area contributed by atoms with Crippen molar-refractivity contribution in [3.05, 3.63) is 47.8 Å².